The lowest BCUT2D eigenvalue weighted by Gasteiger charge is -2.33. The first-order valence-electron chi connectivity index (χ1n) is 6.72. The third-order valence-electron chi connectivity index (χ3n) is 3.38. The van der Waals surface area contributed by atoms with Crippen molar-refractivity contribution in [3.05, 3.63) is 29.8 Å². The lowest BCUT2D eigenvalue weighted by Crippen LogP contribution is -2.47. The Labute approximate surface area is 129 Å². The highest BCUT2D eigenvalue weighted by Gasteiger charge is 2.41. The number of benzene rings is 1. The molecule has 2 rings (SSSR count). The molecule has 10 heteroatoms. The van der Waals surface area contributed by atoms with Crippen LogP contribution < -0.4 is 0 Å². The van der Waals surface area contributed by atoms with Gasteiger partial charge in [0.25, 0.3) is 0 Å². The SMILES string of the molecule is O=S(=O)(c1cc(F)cc(F)c1)N(CC(F)(F)F)C1CCOCC1. The third-order valence-corrected chi connectivity index (χ3v) is 5.25. The van der Waals surface area contributed by atoms with Gasteiger partial charge in [0.2, 0.25) is 10.0 Å². The number of nitrogens with zero attached hydrogens (tertiary/aromatic N) is 1. The molecule has 0 saturated carbocycles. The van der Waals surface area contributed by atoms with Gasteiger partial charge in [-0.2, -0.15) is 17.5 Å². The summed E-state index contributed by atoms with van der Waals surface area (Å²) in [5.41, 5.74) is 0. The first kappa shape index (κ1) is 18.1. The van der Waals surface area contributed by atoms with Crippen LogP contribution in [0.4, 0.5) is 22.0 Å². The van der Waals surface area contributed by atoms with Gasteiger partial charge in [-0.1, -0.05) is 0 Å². The predicted octanol–water partition coefficient (Wildman–Crippen LogP) is 2.70. The quantitative estimate of drug-likeness (QED) is 0.777. The molecule has 1 aliphatic heterocycles. The Morgan fingerprint density at radius 3 is 2.09 bits per heavy atom. The van der Waals surface area contributed by atoms with Crippen molar-refractivity contribution in [3.8, 4) is 0 Å². The van der Waals surface area contributed by atoms with Crippen LogP contribution in [0, 0.1) is 11.6 Å². The molecule has 0 N–H and O–H groups in total. The highest BCUT2D eigenvalue weighted by atomic mass is 32.2. The predicted molar refractivity (Wildman–Crippen MR) is 70.1 cm³/mol. The average molecular weight is 359 g/mol. The van der Waals surface area contributed by atoms with Crippen LogP contribution in [-0.4, -0.2) is 44.7 Å². The third kappa shape index (κ3) is 4.61. The van der Waals surface area contributed by atoms with Crippen molar-refractivity contribution in [1.82, 2.24) is 4.31 Å². The second-order valence-corrected chi connectivity index (χ2v) is 7.00. The van der Waals surface area contributed by atoms with Gasteiger partial charge < -0.3 is 4.74 Å². The summed E-state index contributed by atoms with van der Waals surface area (Å²) in [6.07, 6.45) is -4.63. The number of halogens is 5. The Kier molecular flexibility index (Phi) is 5.27. The summed E-state index contributed by atoms with van der Waals surface area (Å²) in [5.74, 6) is -2.36. The number of hydrogen-bond donors (Lipinski definition) is 0. The summed E-state index contributed by atoms with van der Waals surface area (Å²) in [6, 6.07) is 0.505. The molecule has 130 valence electrons. The molecule has 0 amide bonds. The van der Waals surface area contributed by atoms with Crippen molar-refractivity contribution in [2.75, 3.05) is 19.8 Å². The highest BCUT2D eigenvalue weighted by Crippen LogP contribution is 2.29. The molecular weight excluding hydrogens is 345 g/mol. The zero-order valence-electron chi connectivity index (χ0n) is 11.8. The van der Waals surface area contributed by atoms with Crippen LogP contribution in [0.1, 0.15) is 12.8 Å². The Morgan fingerprint density at radius 1 is 1.09 bits per heavy atom. The molecule has 0 spiro atoms. The monoisotopic (exact) mass is 359 g/mol. The van der Waals surface area contributed by atoms with E-state index in [4.69, 9.17) is 4.74 Å². The van der Waals surface area contributed by atoms with Crippen molar-refractivity contribution in [2.24, 2.45) is 0 Å². The molecule has 23 heavy (non-hydrogen) atoms. The van der Waals surface area contributed by atoms with Crippen molar-refractivity contribution in [2.45, 2.75) is 30.0 Å². The number of sulfonamides is 1. The highest BCUT2D eigenvalue weighted by molar-refractivity contribution is 7.89. The fourth-order valence-electron chi connectivity index (χ4n) is 2.37. The van der Waals surface area contributed by atoms with E-state index in [1.54, 1.807) is 0 Å². The maximum absolute atomic E-state index is 13.2. The molecule has 0 radical (unpaired) electrons. The molecule has 1 aliphatic rings. The van der Waals surface area contributed by atoms with E-state index in [-0.39, 0.29) is 30.4 Å². The Hall–Kier alpha value is -1.26. The summed E-state index contributed by atoms with van der Waals surface area (Å²) in [7, 11) is -4.70. The Balaban J connectivity index is 2.42. The first-order valence-corrected chi connectivity index (χ1v) is 8.16. The van der Waals surface area contributed by atoms with Gasteiger partial charge in [0, 0.05) is 25.3 Å². The summed E-state index contributed by atoms with van der Waals surface area (Å²) in [6.45, 7) is -1.49. The van der Waals surface area contributed by atoms with Gasteiger partial charge in [-0.3, -0.25) is 0 Å². The van der Waals surface area contributed by atoms with E-state index in [0.717, 1.165) is 0 Å². The van der Waals surface area contributed by atoms with Crippen LogP contribution in [0.15, 0.2) is 23.1 Å². The minimum absolute atomic E-state index is 0.0765. The van der Waals surface area contributed by atoms with Gasteiger partial charge in [-0.25, -0.2) is 17.2 Å². The van der Waals surface area contributed by atoms with Crippen LogP contribution in [0.25, 0.3) is 0 Å². The molecule has 1 saturated heterocycles. The maximum Gasteiger partial charge on any atom is 0.402 e. The summed E-state index contributed by atoms with van der Waals surface area (Å²) in [4.78, 5) is -0.842. The Bertz CT molecular complexity index is 636. The summed E-state index contributed by atoms with van der Waals surface area (Å²) in [5, 5.41) is 0. The lowest BCUT2D eigenvalue weighted by atomic mass is 10.1. The molecule has 1 aromatic rings. The van der Waals surface area contributed by atoms with Crippen LogP contribution in [-0.2, 0) is 14.8 Å². The van der Waals surface area contributed by atoms with Crippen molar-refractivity contribution in [3.63, 3.8) is 0 Å². The molecule has 0 atom stereocenters. The normalized spacial score (nSPS) is 17.7. The van der Waals surface area contributed by atoms with Crippen molar-refractivity contribution in [1.29, 1.82) is 0 Å². The molecule has 1 fully saturated rings. The largest absolute Gasteiger partial charge is 0.402 e. The second-order valence-electron chi connectivity index (χ2n) is 5.11. The maximum atomic E-state index is 13.2. The van der Waals surface area contributed by atoms with Gasteiger partial charge in [-0.05, 0) is 25.0 Å². The van der Waals surface area contributed by atoms with E-state index in [1.165, 1.54) is 0 Å². The fraction of sp³-hybridized carbons (Fsp3) is 0.538. The zero-order valence-corrected chi connectivity index (χ0v) is 12.6. The zero-order chi connectivity index (χ0) is 17.3. The first-order chi connectivity index (χ1) is 10.6. The van der Waals surface area contributed by atoms with Crippen LogP contribution in [0.2, 0.25) is 0 Å². The van der Waals surface area contributed by atoms with E-state index in [2.05, 4.69) is 0 Å². The van der Waals surface area contributed by atoms with Crippen LogP contribution in [0.5, 0.6) is 0 Å². The van der Waals surface area contributed by atoms with Gasteiger partial charge >= 0.3 is 6.18 Å². The van der Waals surface area contributed by atoms with Crippen LogP contribution in [0.3, 0.4) is 0 Å². The molecule has 1 heterocycles. The van der Waals surface area contributed by atoms with E-state index in [0.29, 0.717) is 18.2 Å². The smallest absolute Gasteiger partial charge is 0.381 e. The number of alkyl halides is 3. The molecule has 1 aromatic carbocycles. The lowest BCUT2D eigenvalue weighted by molar-refractivity contribution is -0.141. The standard InChI is InChI=1S/C13H14F5NO3S/c14-9-5-10(15)7-12(6-9)23(20,21)19(8-13(16,17)18)11-1-3-22-4-2-11/h5-7,11H,1-4,8H2. The van der Waals surface area contributed by atoms with Gasteiger partial charge in [0.15, 0.2) is 0 Å². The molecule has 4 nitrogen and oxygen atoms in total. The topological polar surface area (TPSA) is 46.6 Å². The van der Waals surface area contributed by atoms with E-state index >= 15 is 0 Å². The summed E-state index contributed by atoms with van der Waals surface area (Å²) < 4.78 is 95.0. The molecule has 0 aromatic heterocycles. The summed E-state index contributed by atoms with van der Waals surface area (Å²) >= 11 is 0. The number of rotatable bonds is 4. The van der Waals surface area contributed by atoms with Gasteiger partial charge in [0.1, 0.15) is 18.2 Å². The van der Waals surface area contributed by atoms with E-state index in [9.17, 15) is 30.4 Å². The van der Waals surface area contributed by atoms with E-state index < -0.39 is 45.3 Å². The second kappa shape index (κ2) is 6.70. The van der Waals surface area contributed by atoms with E-state index in [1.807, 2.05) is 0 Å². The van der Waals surface area contributed by atoms with Crippen LogP contribution >= 0.6 is 0 Å². The van der Waals surface area contributed by atoms with Crippen molar-refractivity contribution < 1.29 is 35.1 Å². The molecule has 0 aliphatic carbocycles. The minimum atomic E-state index is -4.78. The molecular formula is C13H14F5NO3S. The fourth-order valence-corrected chi connectivity index (χ4v) is 4.09. The van der Waals surface area contributed by atoms with Crippen molar-refractivity contribution >= 4 is 10.0 Å². The average Bonchev–Trinajstić information content (AvgIpc) is 2.43. The molecule has 0 unspecified atom stereocenters. The Morgan fingerprint density at radius 2 is 1.61 bits per heavy atom. The van der Waals surface area contributed by atoms with Gasteiger partial charge in [0.05, 0.1) is 4.90 Å². The minimum Gasteiger partial charge on any atom is -0.381 e. The van der Waals surface area contributed by atoms with Gasteiger partial charge in [-0.15, -0.1) is 0 Å². The molecule has 0 bridgehead atoms. The number of hydrogen-bond acceptors (Lipinski definition) is 3. The number of ether oxygens (including phenoxy) is 1.